The van der Waals surface area contributed by atoms with E-state index in [4.69, 9.17) is 11.6 Å². The second-order valence-electron chi connectivity index (χ2n) is 7.92. The highest BCUT2D eigenvalue weighted by Gasteiger charge is 2.20. The zero-order valence-corrected chi connectivity index (χ0v) is 19.4. The highest BCUT2D eigenvalue weighted by atomic mass is 35.5. The number of piperazine rings is 1. The predicted molar refractivity (Wildman–Crippen MR) is 129 cm³/mol. The Morgan fingerprint density at radius 1 is 1.06 bits per heavy atom. The van der Waals surface area contributed by atoms with Gasteiger partial charge >= 0.3 is 0 Å². The van der Waals surface area contributed by atoms with Gasteiger partial charge in [0, 0.05) is 50.2 Å². The summed E-state index contributed by atoms with van der Waals surface area (Å²) in [4.78, 5) is 29.0. The SMILES string of the molecule is CC(=O)Nc1c(C)ccc(Nc2ncnc(N3CCN(c4ccc(F)c(Cl)c4)CC3)n2)c1C. The molecular formula is C23H25ClFN7O. The van der Waals surface area contributed by atoms with Gasteiger partial charge in [0.1, 0.15) is 12.1 Å². The number of aromatic nitrogens is 3. The van der Waals surface area contributed by atoms with E-state index < -0.39 is 5.82 Å². The quantitative estimate of drug-likeness (QED) is 0.575. The van der Waals surface area contributed by atoms with Crippen LogP contribution in [0.5, 0.6) is 0 Å². The van der Waals surface area contributed by atoms with Crippen molar-refractivity contribution in [3.05, 3.63) is 58.6 Å². The van der Waals surface area contributed by atoms with E-state index in [2.05, 4.69) is 35.4 Å². The van der Waals surface area contributed by atoms with Crippen molar-refractivity contribution in [1.29, 1.82) is 0 Å². The van der Waals surface area contributed by atoms with E-state index in [9.17, 15) is 9.18 Å². The lowest BCUT2D eigenvalue weighted by molar-refractivity contribution is -0.114. The Balaban J connectivity index is 1.46. The van der Waals surface area contributed by atoms with Gasteiger partial charge in [-0.25, -0.2) is 14.4 Å². The third-order valence-electron chi connectivity index (χ3n) is 5.61. The Labute approximate surface area is 196 Å². The first-order chi connectivity index (χ1) is 15.8. The summed E-state index contributed by atoms with van der Waals surface area (Å²) < 4.78 is 13.5. The van der Waals surface area contributed by atoms with Crippen LogP contribution in [0.3, 0.4) is 0 Å². The van der Waals surface area contributed by atoms with Gasteiger partial charge in [-0.3, -0.25) is 4.79 Å². The van der Waals surface area contributed by atoms with E-state index in [1.165, 1.54) is 19.3 Å². The van der Waals surface area contributed by atoms with E-state index >= 15 is 0 Å². The molecule has 0 unspecified atom stereocenters. The van der Waals surface area contributed by atoms with Gasteiger partial charge in [0.05, 0.1) is 5.02 Å². The van der Waals surface area contributed by atoms with E-state index in [1.54, 1.807) is 12.1 Å². The molecule has 1 aliphatic rings. The third-order valence-corrected chi connectivity index (χ3v) is 5.90. The summed E-state index contributed by atoms with van der Waals surface area (Å²) in [6.07, 6.45) is 1.48. The van der Waals surface area contributed by atoms with Crippen LogP contribution in [0, 0.1) is 19.7 Å². The number of nitrogens with one attached hydrogen (secondary N) is 2. The maximum absolute atomic E-state index is 13.5. The maximum atomic E-state index is 13.5. The molecule has 10 heteroatoms. The van der Waals surface area contributed by atoms with Crippen molar-refractivity contribution in [3.63, 3.8) is 0 Å². The fourth-order valence-corrected chi connectivity index (χ4v) is 3.99. The number of rotatable bonds is 5. The fraction of sp³-hybridized carbons (Fsp3) is 0.304. The lowest BCUT2D eigenvalue weighted by Crippen LogP contribution is -2.47. The molecule has 172 valence electrons. The van der Waals surface area contributed by atoms with Gasteiger partial charge in [-0.15, -0.1) is 0 Å². The second-order valence-corrected chi connectivity index (χ2v) is 8.32. The average Bonchev–Trinajstić information content (AvgIpc) is 2.80. The van der Waals surface area contributed by atoms with E-state index in [0.717, 1.165) is 41.3 Å². The van der Waals surface area contributed by atoms with Crippen molar-refractivity contribution in [1.82, 2.24) is 15.0 Å². The molecule has 1 aliphatic heterocycles. The number of nitrogens with zero attached hydrogens (tertiary/aromatic N) is 5. The topological polar surface area (TPSA) is 86.3 Å². The van der Waals surface area contributed by atoms with Crippen LogP contribution in [-0.2, 0) is 4.79 Å². The summed E-state index contributed by atoms with van der Waals surface area (Å²) in [5, 5.41) is 6.24. The molecule has 4 rings (SSSR count). The number of carbonyl (C=O) groups excluding carboxylic acids is 1. The normalized spacial score (nSPS) is 13.7. The van der Waals surface area contributed by atoms with Crippen LogP contribution in [0.1, 0.15) is 18.1 Å². The predicted octanol–water partition coefficient (Wildman–Crippen LogP) is 4.31. The van der Waals surface area contributed by atoms with Gasteiger partial charge < -0.3 is 20.4 Å². The molecule has 0 spiro atoms. The Morgan fingerprint density at radius 2 is 1.79 bits per heavy atom. The van der Waals surface area contributed by atoms with Crippen LogP contribution in [0.2, 0.25) is 5.02 Å². The molecule has 1 fully saturated rings. The van der Waals surface area contributed by atoms with Gasteiger partial charge in [0.2, 0.25) is 17.8 Å². The molecule has 0 atom stereocenters. The van der Waals surface area contributed by atoms with Crippen LogP contribution in [0.25, 0.3) is 0 Å². The van der Waals surface area contributed by atoms with Crippen LogP contribution >= 0.6 is 11.6 Å². The van der Waals surface area contributed by atoms with E-state index in [0.29, 0.717) is 25.0 Å². The summed E-state index contributed by atoms with van der Waals surface area (Å²) >= 11 is 5.93. The van der Waals surface area contributed by atoms with Gasteiger partial charge in [0.25, 0.3) is 0 Å². The molecule has 2 aromatic carbocycles. The third kappa shape index (κ3) is 5.14. The van der Waals surface area contributed by atoms with Crippen molar-refractivity contribution < 1.29 is 9.18 Å². The van der Waals surface area contributed by atoms with Crippen LogP contribution in [0.15, 0.2) is 36.7 Å². The molecule has 8 nitrogen and oxygen atoms in total. The molecule has 0 bridgehead atoms. The fourth-order valence-electron chi connectivity index (χ4n) is 3.82. The van der Waals surface area contributed by atoms with Gasteiger partial charge in [-0.1, -0.05) is 17.7 Å². The van der Waals surface area contributed by atoms with Crippen LogP contribution in [-0.4, -0.2) is 47.0 Å². The molecule has 2 N–H and O–H groups in total. The summed E-state index contributed by atoms with van der Waals surface area (Å²) in [5.74, 6) is 0.463. The van der Waals surface area contributed by atoms with Crippen molar-refractivity contribution in [3.8, 4) is 0 Å². The highest BCUT2D eigenvalue weighted by molar-refractivity contribution is 6.31. The van der Waals surface area contributed by atoms with Gasteiger partial charge in [0.15, 0.2) is 0 Å². The summed E-state index contributed by atoms with van der Waals surface area (Å²) in [6, 6.07) is 8.64. The Kier molecular flexibility index (Phi) is 6.60. The molecule has 2 heterocycles. The highest BCUT2D eigenvalue weighted by Crippen LogP contribution is 2.29. The minimum Gasteiger partial charge on any atom is -0.368 e. The number of aryl methyl sites for hydroxylation is 1. The monoisotopic (exact) mass is 469 g/mol. The van der Waals surface area contributed by atoms with E-state index in [1.807, 2.05) is 26.0 Å². The number of anilines is 5. The smallest absolute Gasteiger partial charge is 0.232 e. The molecule has 33 heavy (non-hydrogen) atoms. The summed E-state index contributed by atoms with van der Waals surface area (Å²) in [7, 11) is 0. The number of carbonyl (C=O) groups is 1. The zero-order valence-electron chi connectivity index (χ0n) is 18.7. The van der Waals surface area contributed by atoms with Crippen molar-refractivity contribution in [2.45, 2.75) is 20.8 Å². The van der Waals surface area contributed by atoms with Crippen LogP contribution < -0.4 is 20.4 Å². The van der Waals surface area contributed by atoms with Crippen molar-refractivity contribution in [2.75, 3.05) is 46.6 Å². The molecule has 1 saturated heterocycles. The second kappa shape index (κ2) is 9.58. The largest absolute Gasteiger partial charge is 0.368 e. The number of benzene rings is 2. The van der Waals surface area contributed by atoms with Gasteiger partial charge in [-0.2, -0.15) is 4.98 Å². The lowest BCUT2D eigenvalue weighted by atomic mass is 10.1. The maximum Gasteiger partial charge on any atom is 0.232 e. The summed E-state index contributed by atoms with van der Waals surface area (Å²) in [5.41, 5.74) is 4.35. The summed E-state index contributed by atoms with van der Waals surface area (Å²) in [6.45, 7) is 8.23. The zero-order chi connectivity index (χ0) is 23.5. The average molecular weight is 470 g/mol. The first-order valence-corrected chi connectivity index (χ1v) is 11.0. The molecule has 0 saturated carbocycles. The molecule has 1 amide bonds. The molecule has 0 radical (unpaired) electrons. The van der Waals surface area contributed by atoms with Crippen LogP contribution in [0.4, 0.5) is 33.3 Å². The molecule has 3 aromatic rings. The first-order valence-electron chi connectivity index (χ1n) is 10.6. The van der Waals surface area contributed by atoms with E-state index in [-0.39, 0.29) is 10.9 Å². The number of amides is 1. The van der Waals surface area contributed by atoms with Crippen molar-refractivity contribution in [2.24, 2.45) is 0 Å². The number of halogens is 2. The molecule has 1 aromatic heterocycles. The molecular weight excluding hydrogens is 445 g/mol. The van der Waals surface area contributed by atoms with Gasteiger partial charge in [-0.05, 0) is 49.2 Å². The number of hydrogen-bond donors (Lipinski definition) is 2. The Hall–Kier alpha value is -3.46. The lowest BCUT2D eigenvalue weighted by Gasteiger charge is -2.36. The minimum absolute atomic E-state index is 0.121. The molecule has 0 aliphatic carbocycles. The number of hydrogen-bond acceptors (Lipinski definition) is 7. The van der Waals surface area contributed by atoms with Crippen molar-refractivity contribution >= 4 is 46.5 Å². The Morgan fingerprint density at radius 3 is 2.48 bits per heavy atom. The standard InChI is InChI=1S/C23H25ClFN7O/c1-14-4-7-20(15(2)21(14)28-16(3)33)29-22-26-13-27-23(30-22)32-10-8-31(9-11-32)17-5-6-19(25)18(24)12-17/h4-7,12-13H,8-11H2,1-3H3,(H,28,33)(H,26,27,29,30). The minimum atomic E-state index is -0.419. The first kappa shape index (κ1) is 22.7. The Bertz CT molecular complexity index is 1180.